The highest BCUT2D eigenvalue weighted by atomic mass is 16.1. The zero-order valence-corrected chi connectivity index (χ0v) is 12.8. The Morgan fingerprint density at radius 3 is 2.71 bits per heavy atom. The third-order valence-corrected chi connectivity index (χ3v) is 4.39. The summed E-state index contributed by atoms with van der Waals surface area (Å²) in [4.78, 5) is 12.4. The molecule has 1 aromatic heterocycles. The summed E-state index contributed by atoms with van der Waals surface area (Å²) in [5, 5.41) is 4.60. The molecule has 0 atom stereocenters. The number of carbonyl (C=O) groups is 1. The van der Waals surface area contributed by atoms with Gasteiger partial charge in [0, 0.05) is 11.8 Å². The first-order valence-corrected chi connectivity index (χ1v) is 7.78. The smallest absolute Gasteiger partial charge is 0.169 e. The van der Waals surface area contributed by atoms with Crippen LogP contribution in [0.4, 0.5) is 0 Å². The number of nitrogens with zero attached hydrogens (tertiary/aromatic N) is 2. The van der Waals surface area contributed by atoms with Gasteiger partial charge in [-0.3, -0.25) is 9.48 Å². The van der Waals surface area contributed by atoms with Crippen molar-refractivity contribution >= 4 is 5.78 Å². The zero-order chi connectivity index (χ0) is 14.8. The van der Waals surface area contributed by atoms with Gasteiger partial charge in [-0.25, -0.2) is 0 Å². The molecule has 1 aliphatic rings. The number of aryl methyl sites for hydroxylation is 2. The monoisotopic (exact) mass is 282 g/mol. The van der Waals surface area contributed by atoms with Gasteiger partial charge in [0.1, 0.15) is 0 Å². The Hall–Kier alpha value is -1.90. The molecule has 0 bridgehead atoms. The van der Waals surface area contributed by atoms with Gasteiger partial charge in [0.05, 0.1) is 18.2 Å². The van der Waals surface area contributed by atoms with Crippen LogP contribution in [-0.4, -0.2) is 15.6 Å². The lowest BCUT2D eigenvalue weighted by atomic mass is 10.00. The molecule has 3 rings (SSSR count). The van der Waals surface area contributed by atoms with E-state index in [0.29, 0.717) is 12.5 Å². The SMILES string of the molecule is Cc1ccc(C(=O)Cc2ccn(C3CCCC3)n2)c(C)c1. The zero-order valence-electron chi connectivity index (χ0n) is 12.8. The highest BCUT2D eigenvalue weighted by Gasteiger charge is 2.18. The molecule has 3 heteroatoms. The van der Waals surface area contributed by atoms with Crippen LogP contribution in [0.1, 0.15) is 58.9 Å². The first-order valence-electron chi connectivity index (χ1n) is 7.78. The Kier molecular flexibility index (Phi) is 3.91. The Labute approximate surface area is 126 Å². The van der Waals surface area contributed by atoms with E-state index < -0.39 is 0 Å². The molecule has 0 unspecified atom stereocenters. The van der Waals surface area contributed by atoms with E-state index in [1.54, 1.807) is 0 Å². The van der Waals surface area contributed by atoms with E-state index in [0.717, 1.165) is 16.8 Å². The van der Waals surface area contributed by atoms with Crippen LogP contribution in [-0.2, 0) is 6.42 Å². The van der Waals surface area contributed by atoms with Crippen molar-refractivity contribution in [2.75, 3.05) is 0 Å². The van der Waals surface area contributed by atoms with Gasteiger partial charge in [-0.1, -0.05) is 36.6 Å². The van der Waals surface area contributed by atoms with Crippen LogP contribution in [0.5, 0.6) is 0 Å². The Morgan fingerprint density at radius 2 is 2.00 bits per heavy atom. The van der Waals surface area contributed by atoms with Gasteiger partial charge in [-0.05, 0) is 38.3 Å². The highest BCUT2D eigenvalue weighted by molar-refractivity contribution is 5.98. The molecule has 0 spiro atoms. The second-order valence-electron chi connectivity index (χ2n) is 6.14. The van der Waals surface area contributed by atoms with Gasteiger partial charge in [0.15, 0.2) is 5.78 Å². The second kappa shape index (κ2) is 5.84. The summed E-state index contributed by atoms with van der Waals surface area (Å²) >= 11 is 0. The van der Waals surface area contributed by atoms with Crippen molar-refractivity contribution in [2.24, 2.45) is 0 Å². The summed E-state index contributed by atoms with van der Waals surface area (Å²) in [6.07, 6.45) is 7.44. The van der Waals surface area contributed by atoms with Crippen LogP contribution in [0.25, 0.3) is 0 Å². The summed E-state index contributed by atoms with van der Waals surface area (Å²) in [7, 11) is 0. The van der Waals surface area contributed by atoms with Crippen molar-refractivity contribution in [3.8, 4) is 0 Å². The molecule has 1 aromatic carbocycles. The number of Topliss-reactive ketones (excluding diaryl/α,β-unsaturated/α-hetero) is 1. The molecule has 0 saturated heterocycles. The minimum Gasteiger partial charge on any atom is -0.294 e. The molecule has 0 N–H and O–H groups in total. The maximum absolute atomic E-state index is 12.4. The molecule has 110 valence electrons. The van der Waals surface area contributed by atoms with Crippen molar-refractivity contribution in [2.45, 2.75) is 52.0 Å². The predicted molar refractivity (Wildman–Crippen MR) is 83.7 cm³/mol. The van der Waals surface area contributed by atoms with Crippen LogP contribution in [0, 0.1) is 13.8 Å². The minimum absolute atomic E-state index is 0.157. The van der Waals surface area contributed by atoms with Crippen molar-refractivity contribution in [3.05, 3.63) is 52.8 Å². The lowest BCUT2D eigenvalue weighted by Crippen LogP contribution is -2.09. The van der Waals surface area contributed by atoms with E-state index in [-0.39, 0.29) is 5.78 Å². The molecule has 2 aromatic rings. The molecule has 0 amide bonds. The lowest BCUT2D eigenvalue weighted by molar-refractivity contribution is 0.0991. The largest absolute Gasteiger partial charge is 0.294 e. The molecule has 1 aliphatic carbocycles. The van der Waals surface area contributed by atoms with Gasteiger partial charge in [0.25, 0.3) is 0 Å². The maximum atomic E-state index is 12.4. The predicted octanol–water partition coefficient (Wildman–Crippen LogP) is 4.04. The van der Waals surface area contributed by atoms with Gasteiger partial charge >= 0.3 is 0 Å². The normalized spacial score (nSPS) is 15.5. The summed E-state index contributed by atoms with van der Waals surface area (Å²) in [6, 6.07) is 8.51. The summed E-state index contributed by atoms with van der Waals surface area (Å²) in [6.45, 7) is 4.04. The summed E-state index contributed by atoms with van der Waals surface area (Å²) in [5.41, 5.74) is 3.94. The third kappa shape index (κ3) is 3.07. The first-order chi connectivity index (χ1) is 10.1. The van der Waals surface area contributed by atoms with Crippen molar-refractivity contribution in [1.82, 2.24) is 9.78 Å². The van der Waals surface area contributed by atoms with E-state index in [4.69, 9.17) is 0 Å². The van der Waals surface area contributed by atoms with Crippen molar-refractivity contribution in [3.63, 3.8) is 0 Å². The fraction of sp³-hybridized carbons (Fsp3) is 0.444. The van der Waals surface area contributed by atoms with Crippen LogP contribution in [0.15, 0.2) is 30.5 Å². The number of aromatic nitrogens is 2. The molecular weight excluding hydrogens is 260 g/mol. The van der Waals surface area contributed by atoms with E-state index in [9.17, 15) is 4.79 Å². The fourth-order valence-electron chi connectivity index (χ4n) is 3.23. The molecule has 0 radical (unpaired) electrons. The van der Waals surface area contributed by atoms with Crippen LogP contribution >= 0.6 is 0 Å². The average molecular weight is 282 g/mol. The van der Waals surface area contributed by atoms with Gasteiger partial charge in [-0.15, -0.1) is 0 Å². The van der Waals surface area contributed by atoms with E-state index in [1.165, 1.54) is 31.2 Å². The number of benzene rings is 1. The standard InChI is InChI=1S/C18H22N2O/c1-13-7-8-17(14(2)11-13)18(21)12-15-9-10-20(19-15)16-5-3-4-6-16/h7-11,16H,3-6,12H2,1-2H3. The Balaban J connectivity index is 1.72. The first kappa shape index (κ1) is 14.1. The number of carbonyl (C=O) groups excluding carboxylic acids is 1. The summed E-state index contributed by atoms with van der Waals surface area (Å²) < 4.78 is 2.05. The lowest BCUT2D eigenvalue weighted by Gasteiger charge is -2.09. The second-order valence-corrected chi connectivity index (χ2v) is 6.14. The molecule has 1 saturated carbocycles. The van der Waals surface area contributed by atoms with Gasteiger partial charge < -0.3 is 0 Å². The molecule has 1 fully saturated rings. The Morgan fingerprint density at radius 1 is 1.24 bits per heavy atom. The quantitative estimate of drug-likeness (QED) is 0.793. The molecule has 1 heterocycles. The minimum atomic E-state index is 0.157. The van der Waals surface area contributed by atoms with E-state index in [2.05, 4.69) is 15.8 Å². The highest BCUT2D eigenvalue weighted by Crippen LogP contribution is 2.28. The molecular formula is C18H22N2O. The van der Waals surface area contributed by atoms with Crippen molar-refractivity contribution < 1.29 is 4.79 Å². The Bertz CT molecular complexity index is 651. The topological polar surface area (TPSA) is 34.9 Å². The number of rotatable bonds is 4. The van der Waals surface area contributed by atoms with E-state index in [1.807, 2.05) is 38.2 Å². The maximum Gasteiger partial charge on any atom is 0.169 e. The van der Waals surface area contributed by atoms with E-state index >= 15 is 0 Å². The number of hydrogen-bond donors (Lipinski definition) is 0. The number of ketones is 1. The third-order valence-electron chi connectivity index (χ3n) is 4.39. The average Bonchev–Trinajstić information content (AvgIpc) is 3.08. The molecule has 0 aliphatic heterocycles. The molecule has 21 heavy (non-hydrogen) atoms. The van der Waals surface area contributed by atoms with Crippen LogP contribution in [0.2, 0.25) is 0 Å². The van der Waals surface area contributed by atoms with Crippen LogP contribution in [0.3, 0.4) is 0 Å². The van der Waals surface area contributed by atoms with Crippen LogP contribution < -0.4 is 0 Å². The summed E-state index contributed by atoms with van der Waals surface area (Å²) in [5.74, 6) is 0.157. The fourth-order valence-corrected chi connectivity index (χ4v) is 3.23. The van der Waals surface area contributed by atoms with Crippen molar-refractivity contribution in [1.29, 1.82) is 0 Å². The van der Waals surface area contributed by atoms with Gasteiger partial charge in [-0.2, -0.15) is 5.10 Å². The van der Waals surface area contributed by atoms with Gasteiger partial charge in [0.2, 0.25) is 0 Å². The molecule has 3 nitrogen and oxygen atoms in total. The number of hydrogen-bond acceptors (Lipinski definition) is 2.